The first kappa shape index (κ1) is 17.2. The number of carbonyl (C=O) groups excluding carboxylic acids is 2. The van der Waals surface area contributed by atoms with E-state index in [9.17, 15) is 18.0 Å². The van der Waals surface area contributed by atoms with E-state index in [-0.39, 0.29) is 17.3 Å². The molecule has 1 N–H and O–H groups in total. The summed E-state index contributed by atoms with van der Waals surface area (Å²) in [5.74, 6) is -1.51. The molecule has 1 unspecified atom stereocenters. The van der Waals surface area contributed by atoms with Gasteiger partial charge in [0.15, 0.2) is 0 Å². The van der Waals surface area contributed by atoms with Crippen LogP contribution in [0.25, 0.3) is 0 Å². The molecular weight excluding hydrogens is 340 g/mol. The van der Waals surface area contributed by atoms with Crippen LogP contribution in [0.15, 0.2) is 48.5 Å². The summed E-state index contributed by atoms with van der Waals surface area (Å²) in [4.78, 5) is 24.4. The minimum absolute atomic E-state index is 0.193. The fraction of sp³-hybridized carbons (Fsp3) is 0.222. The van der Waals surface area contributed by atoms with Crippen LogP contribution in [0, 0.1) is 12.8 Å². The van der Waals surface area contributed by atoms with Crippen molar-refractivity contribution in [2.24, 2.45) is 5.92 Å². The lowest BCUT2D eigenvalue weighted by molar-refractivity contribution is -0.119. The molecule has 0 aromatic heterocycles. The third-order valence-electron chi connectivity index (χ3n) is 4.00. The van der Waals surface area contributed by atoms with Gasteiger partial charge in [-0.2, -0.15) is 0 Å². The maximum atomic E-state index is 12.3. The molecule has 1 aliphatic heterocycles. The summed E-state index contributed by atoms with van der Waals surface area (Å²) in [6.07, 6.45) is 0. The molecule has 25 heavy (non-hydrogen) atoms. The summed E-state index contributed by atoms with van der Waals surface area (Å²) in [7, 11) is -3.64. The average molecular weight is 358 g/mol. The predicted molar refractivity (Wildman–Crippen MR) is 96.0 cm³/mol. The average Bonchev–Trinajstić information content (AvgIpc) is 2.75. The molecule has 1 atom stereocenters. The smallest absolute Gasteiger partial charge is 0.255 e. The molecule has 7 heteroatoms. The zero-order valence-corrected chi connectivity index (χ0v) is 14.7. The van der Waals surface area contributed by atoms with Crippen LogP contribution >= 0.6 is 0 Å². The van der Waals surface area contributed by atoms with Crippen molar-refractivity contribution < 1.29 is 18.0 Å². The number of rotatable bonds is 3. The maximum absolute atomic E-state index is 12.3. The van der Waals surface area contributed by atoms with Gasteiger partial charge >= 0.3 is 0 Å². The Balaban J connectivity index is 1.81. The number of sulfonamides is 1. The van der Waals surface area contributed by atoms with E-state index in [0.29, 0.717) is 11.3 Å². The van der Waals surface area contributed by atoms with Gasteiger partial charge in [-0.3, -0.25) is 9.59 Å². The molecule has 0 aliphatic carbocycles. The van der Waals surface area contributed by atoms with Gasteiger partial charge in [0.25, 0.3) is 5.91 Å². The van der Waals surface area contributed by atoms with Crippen molar-refractivity contribution in [3.8, 4) is 0 Å². The van der Waals surface area contributed by atoms with Gasteiger partial charge in [-0.25, -0.2) is 12.7 Å². The quantitative estimate of drug-likeness (QED) is 0.914. The van der Waals surface area contributed by atoms with E-state index in [0.717, 1.165) is 9.87 Å². The second-order valence-corrected chi connectivity index (χ2v) is 8.02. The number of anilines is 2. The molecule has 1 saturated heterocycles. The third kappa shape index (κ3) is 3.41. The molecule has 0 spiro atoms. The van der Waals surface area contributed by atoms with E-state index in [1.54, 1.807) is 13.0 Å². The molecule has 0 radical (unpaired) electrons. The fourth-order valence-corrected chi connectivity index (χ4v) is 4.58. The molecule has 0 bridgehead atoms. The number of amides is 2. The summed E-state index contributed by atoms with van der Waals surface area (Å²) < 4.78 is 25.0. The lowest BCUT2D eigenvalue weighted by Gasteiger charge is -2.15. The summed E-state index contributed by atoms with van der Waals surface area (Å²) in [5.41, 5.74) is 2.34. The van der Waals surface area contributed by atoms with E-state index in [1.165, 1.54) is 24.3 Å². The van der Waals surface area contributed by atoms with Crippen LogP contribution < -0.4 is 9.62 Å². The first-order valence-corrected chi connectivity index (χ1v) is 9.44. The highest BCUT2D eigenvalue weighted by atomic mass is 32.2. The van der Waals surface area contributed by atoms with Crippen molar-refractivity contribution in [1.82, 2.24) is 0 Å². The van der Waals surface area contributed by atoms with Crippen molar-refractivity contribution >= 4 is 33.2 Å². The molecule has 2 amide bonds. The molecule has 3 rings (SSSR count). The second kappa shape index (κ2) is 6.33. The number of hydrogen-bond donors (Lipinski definition) is 1. The fourth-order valence-electron chi connectivity index (χ4n) is 2.76. The van der Waals surface area contributed by atoms with Crippen LogP contribution in [0.1, 0.15) is 22.8 Å². The number of benzene rings is 2. The molecule has 1 heterocycles. The highest BCUT2D eigenvalue weighted by molar-refractivity contribution is 7.94. The van der Waals surface area contributed by atoms with E-state index in [2.05, 4.69) is 5.32 Å². The van der Waals surface area contributed by atoms with Crippen molar-refractivity contribution in [3.05, 3.63) is 59.7 Å². The number of nitrogens with one attached hydrogen (secondary N) is 1. The zero-order chi connectivity index (χ0) is 18.2. The van der Waals surface area contributed by atoms with E-state index < -0.39 is 21.8 Å². The predicted octanol–water partition coefficient (Wildman–Crippen LogP) is 2.56. The van der Waals surface area contributed by atoms with Gasteiger partial charge in [0.05, 0.1) is 17.4 Å². The first-order valence-electron chi connectivity index (χ1n) is 7.83. The van der Waals surface area contributed by atoms with Gasteiger partial charge < -0.3 is 5.32 Å². The van der Waals surface area contributed by atoms with Crippen molar-refractivity contribution in [3.63, 3.8) is 0 Å². The van der Waals surface area contributed by atoms with Crippen molar-refractivity contribution in [2.45, 2.75) is 13.8 Å². The standard InChI is InChI=1S/C18H18N2O4S/c1-12-4-3-5-15(10-12)19-17(21)14-6-8-16(9-7-14)20-18(22)13(2)11-25(20,23)24/h3-10,13H,11H2,1-2H3,(H,19,21). The summed E-state index contributed by atoms with van der Waals surface area (Å²) in [5, 5.41) is 2.78. The van der Waals surface area contributed by atoms with Crippen LogP contribution in [-0.4, -0.2) is 26.0 Å². The van der Waals surface area contributed by atoms with Gasteiger partial charge in [-0.1, -0.05) is 19.1 Å². The van der Waals surface area contributed by atoms with Gasteiger partial charge in [0, 0.05) is 11.3 Å². The van der Waals surface area contributed by atoms with E-state index in [4.69, 9.17) is 0 Å². The Morgan fingerprint density at radius 1 is 1.16 bits per heavy atom. The number of aryl methyl sites for hydroxylation is 1. The lowest BCUT2D eigenvalue weighted by Crippen LogP contribution is -2.30. The normalized spacial score (nSPS) is 19.0. The Morgan fingerprint density at radius 3 is 2.40 bits per heavy atom. The minimum atomic E-state index is -3.64. The van der Waals surface area contributed by atoms with Crippen LogP contribution in [0.4, 0.5) is 11.4 Å². The number of nitrogens with zero attached hydrogens (tertiary/aromatic N) is 1. The Hall–Kier alpha value is -2.67. The van der Waals surface area contributed by atoms with Crippen LogP contribution in [0.5, 0.6) is 0 Å². The molecule has 1 aliphatic rings. The molecule has 130 valence electrons. The van der Waals surface area contributed by atoms with Crippen LogP contribution in [0.2, 0.25) is 0 Å². The zero-order valence-electron chi connectivity index (χ0n) is 13.9. The van der Waals surface area contributed by atoms with Gasteiger partial charge in [-0.05, 0) is 48.9 Å². The molecule has 0 saturated carbocycles. The summed E-state index contributed by atoms with van der Waals surface area (Å²) >= 11 is 0. The Labute approximate surface area is 146 Å². The molecule has 2 aromatic carbocycles. The molecular formula is C18H18N2O4S. The van der Waals surface area contributed by atoms with Crippen LogP contribution in [0.3, 0.4) is 0 Å². The monoisotopic (exact) mass is 358 g/mol. The highest BCUT2D eigenvalue weighted by Crippen LogP contribution is 2.28. The minimum Gasteiger partial charge on any atom is -0.322 e. The maximum Gasteiger partial charge on any atom is 0.255 e. The van der Waals surface area contributed by atoms with Crippen LogP contribution in [-0.2, 0) is 14.8 Å². The summed E-state index contributed by atoms with van der Waals surface area (Å²) in [6, 6.07) is 13.4. The number of carbonyl (C=O) groups is 2. The highest BCUT2D eigenvalue weighted by Gasteiger charge is 2.41. The molecule has 2 aromatic rings. The van der Waals surface area contributed by atoms with Crippen molar-refractivity contribution in [2.75, 3.05) is 15.4 Å². The Bertz CT molecular complexity index is 936. The third-order valence-corrected chi connectivity index (χ3v) is 5.87. The first-order chi connectivity index (χ1) is 11.8. The lowest BCUT2D eigenvalue weighted by atomic mass is 10.1. The summed E-state index contributed by atoms with van der Waals surface area (Å²) in [6.45, 7) is 3.52. The largest absolute Gasteiger partial charge is 0.322 e. The molecule has 1 fully saturated rings. The SMILES string of the molecule is Cc1cccc(NC(=O)c2ccc(N3C(=O)C(C)CS3(=O)=O)cc2)c1. The van der Waals surface area contributed by atoms with Gasteiger partial charge in [-0.15, -0.1) is 0 Å². The second-order valence-electron chi connectivity index (χ2n) is 6.15. The van der Waals surface area contributed by atoms with E-state index >= 15 is 0 Å². The Morgan fingerprint density at radius 2 is 1.84 bits per heavy atom. The van der Waals surface area contributed by atoms with Gasteiger partial charge in [0.1, 0.15) is 0 Å². The molecule has 6 nitrogen and oxygen atoms in total. The van der Waals surface area contributed by atoms with E-state index in [1.807, 2.05) is 25.1 Å². The number of hydrogen-bond acceptors (Lipinski definition) is 4. The van der Waals surface area contributed by atoms with Gasteiger partial charge in [0.2, 0.25) is 15.9 Å². The Kier molecular flexibility index (Phi) is 4.34. The van der Waals surface area contributed by atoms with Crippen molar-refractivity contribution in [1.29, 1.82) is 0 Å². The topological polar surface area (TPSA) is 83.6 Å².